The number of esters is 1. The lowest BCUT2D eigenvalue weighted by Crippen LogP contribution is -2.38. The molecule has 0 spiro atoms. The molecule has 1 N–H and O–H groups in total. The zero-order valence-electron chi connectivity index (χ0n) is 18.5. The van der Waals surface area contributed by atoms with Crippen LogP contribution in [0.3, 0.4) is 0 Å². The van der Waals surface area contributed by atoms with Gasteiger partial charge in [0.05, 0.1) is 10.6 Å². The van der Waals surface area contributed by atoms with Crippen LogP contribution in [0.2, 0.25) is 0 Å². The van der Waals surface area contributed by atoms with Gasteiger partial charge in [-0.1, -0.05) is 6.42 Å². The van der Waals surface area contributed by atoms with E-state index in [1.54, 1.807) is 6.07 Å². The minimum Gasteiger partial charge on any atom is -0.486 e. The van der Waals surface area contributed by atoms with E-state index in [4.69, 9.17) is 14.2 Å². The maximum absolute atomic E-state index is 12.4. The number of aromatic nitrogens is 2. The normalized spacial score (nSPS) is 13.0. The fourth-order valence-electron chi connectivity index (χ4n) is 3.20. The van der Waals surface area contributed by atoms with E-state index in [0.29, 0.717) is 49.7 Å². The molecular formula is C21H27N3O8S. The largest absolute Gasteiger partial charge is 0.486 e. The summed E-state index contributed by atoms with van der Waals surface area (Å²) in [7, 11) is -0.814. The molecule has 0 fully saturated rings. The third-order valence-corrected chi connectivity index (χ3v) is 6.64. The lowest BCUT2D eigenvalue weighted by molar-refractivity contribution is -0.145. The fourth-order valence-corrected chi connectivity index (χ4v) is 4.28. The standard InChI is InChI=1S/C21H27N3O8S/c1-23-15(12-19(25)24(2)21(23)27)14-32-20(26)6-4-3-5-9-22-33(28,29)16-7-8-17-18(13-16)31-11-10-30-17/h7-8,12-13,22H,3-6,9-11,14H2,1-2H3. The third-order valence-electron chi connectivity index (χ3n) is 5.18. The first kappa shape index (κ1) is 24.5. The smallest absolute Gasteiger partial charge is 0.330 e. The number of benzene rings is 1. The van der Waals surface area contributed by atoms with Gasteiger partial charge in [-0.25, -0.2) is 17.9 Å². The molecule has 33 heavy (non-hydrogen) atoms. The molecule has 2 aromatic rings. The van der Waals surface area contributed by atoms with Crippen LogP contribution in [0, 0.1) is 0 Å². The van der Waals surface area contributed by atoms with Gasteiger partial charge >= 0.3 is 11.7 Å². The molecule has 0 radical (unpaired) electrons. The lowest BCUT2D eigenvalue weighted by Gasteiger charge is -2.18. The summed E-state index contributed by atoms with van der Waals surface area (Å²) in [5.74, 6) is 0.461. The van der Waals surface area contributed by atoms with Crippen LogP contribution in [0.25, 0.3) is 0 Å². The highest BCUT2D eigenvalue weighted by atomic mass is 32.2. The van der Waals surface area contributed by atoms with Crippen LogP contribution in [0.4, 0.5) is 0 Å². The number of nitrogens with zero attached hydrogens (tertiary/aromatic N) is 2. The van der Waals surface area contributed by atoms with E-state index in [-0.39, 0.29) is 24.5 Å². The molecule has 0 bridgehead atoms. The second kappa shape index (κ2) is 10.7. The van der Waals surface area contributed by atoms with E-state index in [1.807, 2.05) is 0 Å². The first-order valence-electron chi connectivity index (χ1n) is 10.5. The molecule has 11 nitrogen and oxygen atoms in total. The summed E-state index contributed by atoms with van der Waals surface area (Å²) < 4.78 is 45.6. The Morgan fingerprint density at radius 2 is 1.76 bits per heavy atom. The van der Waals surface area contributed by atoms with Gasteiger partial charge in [-0.3, -0.25) is 18.7 Å². The molecule has 1 aliphatic heterocycles. The molecule has 0 saturated heterocycles. The van der Waals surface area contributed by atoms with Gasteiger partial charge in [0.15, 0.2) is 11.5 Å². The van der Waals surface area contributed by atoms with Crippen molar-refractivity contribution in [2.45, 2.75) is 37.2 Å². The Hall–Kier alpha value is -3.12. The average molecular weight is 482 g/mol. The number of rotatable bonds is 10. The van der Waals surface area contributed by atoms with Crippen LogP contribution in [0.5, 0.6) is 11.5 Å². The summed E-state index contributed by atoms with van der Waals surface area (Å²) in [6.45, 7) is 0.849. The third kappa shape index (κ3) is 6.23. The SMILES string of the molecule is Cn1c(COC(=O)CCCCCNS(=O)(=O)c2ccc3c(c2)OCCO3)cc(=O)n(C)c1=O. The molecule has 1 aromatic carbocycles. The van der Waals surface area contributed by atoms with Crippen molar-refractivity contribution in [3.63, 3.8) is 0 Å². The zero-order chi connectivity index (χ0) is 24.0. The van der Waals surface area contributed by atoms with E-state index in [2.05, 4.69) is 4.72 Å². The summed E-state index contributed by atoms with van der Waals surface area (Å²) in [6.07, 6.45) is 1.82. The van der Waals surface area contributed by atoms with E-state index < -0.39 is 27.2 Å². The van der Waals surface area contributed by atoms with Crippen molar-refractivity contribution < 1.29 is 27.4 Å². The Morgan fingerprint density at radius 3 is 2.52 bits per heavy atom. The summed E-state index contributed by atoms with van der Waals surface area (Å²) in [5, 5.41) is 0. The number of sulfonamides is 1. The number of unbranched alkanes of at least 4 members (excludes halogenated alkanes) is 2. The van der Waals surface area contributed by atoms with E-state index in [1.165, 1.54) is 36.9 Å². The molecule has 180 valence electrons. The summed E-state index contributed by atoms with van der Waals surface area (Å²) in [6, 6.07) is 5.72. The Bertz CT molecular complexity index is 1230. The molecule has 12 heteroatoms. The van der Waals surface area contributed by atoms with Crippen molar-refractivity contribution in [2.24, 2.45) is 14.1 Å². The lowest BCUT2D eigenvalue weighted by atomic mass is 10.2. The quantitative estimate of drug-likeness (QED) is 0.381. The van der Waals surface area contributed by atoms with E-state index in [9.17, 15) is 22.8 Å². The molecule has 1 aliphatic rings. The molecule has 0 saturated carbocycles. The number of carbonyl (C=O) groups excluding carboxylic acids is 1. The Labute approximate surface area is 190 Å². The van der Waals surface area contributed by atoms with Crippen molar-refractivity contribution in [3.05, 3.63) is 50.8 Å². The number of ether oxygens (including phenoxy) is 3. The van der Waals surface area contributed by atoms with Crippen LogP contribution in [0.15, 0.2) is 38.8 Å². The van der Waals surface area contributed by atoms with Crippen LogP contribution in [-0.4, -0.2) is 43.3 Å². The van der Waals surface area contributed by atoms with Crippen molar-refractivity contribution >= 4 is 16.0 Å². The molecule has 0 atom stereocenters. The summed E-state index contributed by atoms with van der Waals surface area (Å²) in [5.41, 5.74) is -0.653. The second-order valence-corrected chi connectivity index (χ2v) is 9.32. The number of nitrogens with one attached hydrogen (secondary N) is 1. The van der Waals surface area contributed by atoms with E-state index in [0.717, 1.165) is 4.57 Å². The number of carbonyl (C=O) groups is 1. The minimum atomic E-state index is -3.68. The summed E-state index contributed by atoms with van der Waals surface area (Å²) in [4.78, 5) is 35.6. The first-order chi connectivity index (χ1) is 15.7. The average Bonchev–Trinajstić information content (AvgIpc) is 2.81. The molecule has 3 rings (SSSR count). The number of hydrogen-bond acceptors (Lipinski definition) is 8. The van der Waals surface area contributed by atoms with Gasteiger partial charge in [0, 0.05) is 39.2 Å². The molecule has 0 amide bonds. The first-order valence-corrected chi connectivity index (χ1v) is 12.0. The zero-order valence-corrected chi connectivity index (χ0v) is 19.4. The maximum Gasteiger partial charge on any atom is 0.330 e. The molecule has 0 unspecified atom stereocenters. The minimum absolute atomic E-state index is 0.0977. The molecule has 0 aliphatic carbocycles. The van der Waals surface area contributed by atoms with Crippen molar-refractivity contribution in [1.82, 2.24) is 13.9 Å². The summed E-state index contributed by atoms with van der Waals surface area (Å²) >= 11 is 0. The molecular weight excluding hydrogens is 454 g/mol. The maximum atomic E-state index is 12.4. The highest BCUT2D eigenvalue weighted by Crippen LogP contribution is 2.32. The van der Waals surface area contributed by atoms with E-state index >= 15 is 0 Å². The van der Waals surface area contributed by atoms with Gasteiger partial charge in [0.1, 0.15) is 19.8 Å². The fraction of sp³-hybridized carbons (Fsp3) is 0.476. The highest BCUT2D eigenvalue weighted by molar-refractivity contribution is 7.89. The van der Waals surface area contributed by atoms with Gasteiger partial charge in [-0.05, 0) is 25.0 Å². The topological polar surface area (TPSA) is 135 Å². The van der Waals surface area contributed by atoms with Gasteiger partial charge in [0.2, 0.25) is 10.0 Å². The van der Waals surface area contributed by atoms with Crippen LogP contribution in [-0.2, 0) is 40.3 Å². The van der Waals surface area contributed by atoms with Crippen molar-refractivity contribution in [3.8, 4) is 11.5 Å². The van der Waals surface area contributed by atoms with Crippen LogP contribution < -0.4 is 25.4 Å². The number of fused-ring (bicyclic) bond motifs is 1. The van der Waals surface area contributed by atoms with Gasteiger partial charge in [-0.15, -0.1) is 0 Å². The predicted molar refractivity (Wildman–Crippen MR) is 118 cm³/mol. The Balaban J connectivity index is 1.37. The second-order valence-electron chi connectivity index (χ2n) is 7.55. The predicted octanol–water partition coefficient (Wildman–Crippen LogP) is 0.437. The van der Waals surface area contributed by atoms with Crippen molar-refractivity contribution in [1.29, 1.82) is 0 Å². The Kier molecular flexibility index (Phi) is 7.92. The van der Waals surface area contributed by atoms with Crippen molar-refractivity contribution in [2.75, 3.05) is 19.8 Å². The Morgan fingerprint density at radius 1 is 1.03 bits per heavy atom. The molecule has 1 aromatic heterocycles. The van der Waals surface area contributed by atoms with Crippen LogP contribution >= 0.6 is 0 Å². The van der Waals surface area contributed by atoms with Gasteiger partial charge in [-0.2, -0.15) is 0 Å². The molecule has 2 heterocycles. The monoisotopic (exact) mass is 481 g/mol. The van der Waals surface area contributed by atoms with Crippen LogP contribution in [0.1, 0.15) is 31.4 Å². The van der Waals surface area contributed by atoms with Gasteiger partial charge in [0.25, 0.3) is 5.56 Å². The van der Waals surface area contributed by atoms with Gasteiger partial charge < -0.3 is 14.2 Å². The number of hydrogen-bond donors (Lipinski definition) is 1. The highest BCUT2D eigenvalue weighted by Gasteiger charge is 2.19.